The van der Waals surface area contributed by atoms with Crippen molar-refractivity contribution in [1.29, 1.82) is 0 Å². The number of benzene rings is 2. The van der Waals surface area contributed by atoms with Crippen LogP contribution in [0.25, 0.3) is 0 Å². The maximum absolute atomic E-state index is 12.7. The van der Waals surface area contributed by atoms with Crippen LogP contribution >= 0.6 is 11.6 Å². The van der Waals surface area contributed by atoms with Crippen LogP contribution in [0.2, 0.25) is 5.02 Å². The largest absolute Gasteiger partial charge is 0.493 e. The molecule has 1 saturated heterocycles. The number of carbonyl (C=O) groups is 2. The van der Waals surface area contributed by atoms with Crippen molar-refractivity contribution in [2.24, 2.45) is 0 Å². The summed E-state index contributed by atoms with van der Waals surface area (Å²) in [6.07, 6.45) is 1.45. The molecule has 0 unspecified atom stereocenters. The molecular formula is C21H23ClN2O4. The number of hydrogen-bond acceptors (Lipinski definition) is 4. The molecule has 1 aliphatic rings. The van der Waals surface area contributed by atoms with Crippen molar-refractivity contribution < 1.29 is 19.1 Å². The van der Waals surface area contributed by atoms with E-state index in [0.717, 1.165) is 24.2 Å². The number of anilines is 2. The zero-order valence-corrected chi connectivity index (χ0v) is 16.9. The average molecular weight is 403 g/mol. The van der Waals surface area contributed by atoms with E-state index in [9.17, 15) is 9.59 Å². The van der Waals surface area contributed by atoms with Gasteiger partial charge in [-0.25, -0.2) is 0 Å². The lowest BCUT2D eigenvalue weighted by atomic mass is 10.1. The SMILES string of the molecule is CCOc1c(Cl)cc(C(=O)Nc2ccc(N3CCCC3=O)c(C)c2)cc1OC. The maximum atomic E-state index is 12.7. The number of halogens is 1. The molecule has 2 aromatic carbocycles. The van der Waals surface area contributed by atoms with Gasteiger partial charge in [0.2, 0.25) is 5.91 Å². The number of aryl methyl sites for hydroxylation is 1. The van der Waals surface area contributed by atoms with Crippen LogP contribution in [0.4, 0.5) is 11.4 Å². The van der Waals surface area contributed by atoms with Gasteiger partial charge in [-0.05, 0) is 56.2 Å². The van der Waals surface area contributed by atoms with Gasteiger partial charge in [-0.15, -0.1) is 0 Å². The van der Waals surface area contributed by atoms with Gasteiger partial charge in [0.15, 0.2) is 11.5 Å². The van der Waals surface area contributed by atoms with Gasteiger partial charge in [0.1, 0.15) is 0 Å². The first kappa shape index (κ1) is 20.0. The van der Waals surface area contributed by atoms with E-state index in [4.69, 9.17) is 21.1 Å². The maximum Gasteiger partial charge on any atom is 0.255 e. The molecular weight excluding hydrogens is 380 g/mol. The van der Waals surface area contributed by atoms with E-state index in [0.29, 0.717) is 40.8 Å². The van der Waals surface area contributed by atoms with Crippen LogP contribution in [0.15, 0.2) is 30.3 Å². The highest BCUT2D eigenvalue weighted by Crippen LogP contribution is 2.36. The van der Waals surface area contributed by atoms with Crippen molar-refractivity contribution in [3.05, 3.63) is 46.5 Å². The first-order valence-corrected chi connectivity index (χ1v) is 9.55. The molecule has 7 heteroatoms. The molecule has 0 atom stereocenters. The van der Waals surface area contributed by atoms with E-state index < -0.39 is 0 Å². The lowest BCUT2D eigenvalue weighted by molar-refractivity contribution is -0.117. The van der Waals surface area contributed by atoms with Gasteiger partial charge in [0, 0.05) is 29.9 Å². The topological polar surface area (TPSA) is 67.9 Å². The number of nitrogens with zero attached hydrogens (tertiary/aromatic N) is 1. The molecule has 0 radical (unpaired) electrons. The smallest absolute Gasteiger partial charge is 0.255 e. The summed E-state index contributed by atoms with van der Waals surface area (Å²) in [6.45, 7) is 4.94. The molecule has 1 heterocycles. The monoisotopic (exact) mass is 402 g/mol. The fourth-order valence-corrected chi connectivity index (χ4v) is 3.54. The summed E-state index contributed by atoms with van der Waals surface area (Å²) in [5.74, 6) is 0.640. The first-order valence-electron chi connectivity index (χ1n) is 9.17. The minimum Gasteiger partial charge on any atom is -0.493 e. The number of ether oxygens (including phenoxy) is 2. The highest BCUT2D eigenvalue weighted by molar-refractivity contribution is 6.32. The van der Waals surface area contributed by atoms with Gasteiger partial charge in [0.25, 0.3) is 5.91 Å². The number of rotatable bonds is 6. The van der Waals surface area contributed by atoms with Crippen molar-refractivity contribution in [1.82, 2.24) is 0 Å². The molecule has 2 amide bonds. The molecule has 6 nitrogen and oxygen atoms in total. The molecule has 0 aromatic heterocycles. The molecule has 3 rings (SSSR count). The van der Waals surface area contributed by atoms with Crippen LogP contribution in [0, 0.1) is 6.92 Å². The van der Waals surface area contributed by atoms with Crippen molar-refractivity contribution in [3.63, 3.8) is 0 Å². The van der Waals surface area contributed by atoms with Gasteiger partial charge >= 0.3 is 0 Å². The number of amides is 2. The lowest BCUT2D eigenvalue weighted by Crippen LogP contribution is -2.24. The summed E-state index contributed by atoms with van der Waals surface area (Å²) in [7, 11) is 1.50. The Kier molecular flexibility index (Phi) is 6.09. The standard InChI is InChI=1S/C21H23ClN2O4/c1-4-28-20-16(22)11-14(12-18(20)27-3)21(26)23-15-7-8-17(13(2)10-15)24-9-5-6-19(24)25/h7-8,10-12H,4-6,9H2,1-3H3,(H,23,26). The van der Waals surface area contributed by atoms with Crippen LogP contribution in [-0.4, -0.2) is 32.1 Å². The molecule has 1 fully saturated rings. The van der Waals surface area contributed by atoms with Crippen LogP contribution in [0.1, 0.15) is 35.7 Å². The molecule has 2 aromatic rings. The minimum atomic E-state index is -0.312. The van der Waals surface area contributed by atoms with Crippen LogP contribution < -0.4 is 19.7 Å². The van der Waals surface area contributed by atoms with Gasteiger partial charge in [0.05, 0.1) is 18.7 Å². The molecule has 1 aliphatic heterocycles. The van der Waals surface area contributed by atoms with Crippen molar-refractivity contribution >= 4 is 34.8 Å². The Balaban J connectivity index is 1.80. The Hall–Kier alpha value is -2.73. The van der Waals surface area contributed by atoms with E-state index in [1.807, 2.05) is 26.0 Å². The zero-order valence-electron chi connectivity index (χ0n) is 16.2. The number of carbonyl (C=O) groups excluding carboxylic acids is 2. The fraction of sp³-hybridized carbons (Fsp3) is 0.333. The molecule has 0 spiro atoms. The number of hydrogen-bond donors (Lipinski definition) is 1. The van der Waals surface area contributed by atoms with E-state index in [-0.39, 0.29) is 11.8 Å². The Morgan fingerprint density at radius 3 is 2.68 bits per heavy atom. The predicted octanol–water partition coefficient (Wildman–Crippen LogP) is 4.43. The summed E-state index contributed by atoms with van der Waals surface area (Å²) >= 11 is 6.25. The second kappa shape index (κ2) is 8.52. The summed E-state index contributed by atoms with van der Waals surface area (Å²) < 4.78 is 10.8. The van der Waals surface area contributed by atoms with Crippen molar-refractivity contribution in [2.75, 3.05) is 30.5 Å². The van der Waals surface area contributed by atoms with E-state index in [1.165, 1.54) is 7.11 Å². The Morgan fingerprint density at radius 2 is 2.07 bits per heavy atom. The van der Waals surface area contributed by atoms with Crippen molar-refractivity contribution in [3.8, 4) is 11.5 Å². The van der Waals surface area contributed by atoms with Gasteiger partial charge < -0.3 is 19.7 Å². The van der Waals surface area contributed by atoms with Gasteiger partial charge in [-0.2, -0.15) is 0 Å². The molecule has 0 aliphatic carbocycles. The van der Waals surface area contributed by atoms with Gasteiger partial charge in [-0.3, -0.25) is 9.59 Å². The van der Waals surface area contributed by atoms with Crippen LogP contribution in [0.3, 0.4) is 0 Å². The average Bonchev–Trinajstić information content (AvgIpc) is 3.09. The summed E-state index contributed by atoms with van der Waals surface area (Å²) in [5, 5.41) is 3.17. The first-order chi connectivity index (χ1) is 13.4. The molecule has 1 N–H and O–H groups in total. The Bertz CT molecular complexity index is 914. The number of nitrogens with one attached hydrogen (secondary N) is 1. The van der Waals surface area contributed by atoms with E-state index in [1.54, 1.807) is 23.1 Å². The van der Waals surface area contributed by atoms with Gasteiger partial charge in [-0.1, -0.05) is 11.6 Å². The second-order valence-corrected chi connectivity index (χ2v) is 6.93. The third-order valence-electron chi connectivity index (χ3n) is 4.60. The predicted molar refractivity (Wildman–Crippen MR) is 110 cm³/mol. The number of methoxy groups -OCH3 is 1. The molecule has 0 bridgehead atoms. The highest BCUT2D eigenvalue weighted by atomic mass is 35.5. The lowest BCUT2D eigenvalue weighted by Gasteiger charge is -2.19. The molecule has 0 saturated carbocycles. The third kappa shape index (κ3) is 4.07. The molecule has 28 heavy (non-hydrogen) atoms. The molecule has 148 valence electrons. The van der Waals surface area contributed by atoms with Crippen molar-refractivity contribution in [2.45, 2.75) is 26.7 Å². The normalized spacial score (nSPS) is 13.6. The van der Waals surface area contributed by atoms with Crippen LogP contribution in [0.5, 0.6) is 11.5 Å². The second-order valence-electron chi connectivity index (χ2n) is 6.53. The van der Waals surface area contributed by atoms with E-state index in [2.05, 4.69) is 5.32 Å². The Labute approximate surface area is 169 Å². The minimum absolute atomic E-state index is 0.135. The quantitative estimate of drug-likeness (QED) is 0.775. The summed E-state index contributed by atoms with van der Waals surface area (Å²) in [6, 6.07) is 8.65. The van der Waals surface area contributed by atoms with Crippen LogP contribution in [-0.2, 0) is 4.79 Å². The highest BCUT2D eigenvalue weighted by Gasteiger charge is 2.23. The fourth-order valence-electron chi connectivity index (χ4n) is 3.28. The Morgan fingerprint density at radius 1 is 1.29 bits per heavy atom. The summed E-state index contributed by atoms with van der Waals surface area (Å²) in [5.41, 5.74) is 2.81. The van der Waals surface area contributed by atoms with E-state index >= 15 is 0 Å². The summed E-state index contributed by atoms with van der Waals surface area (Å²) in [4.78, 5) is 26.4. The zero-order chi connectivity index (χ0) is 20.3. The third-order valence-corrected chi connectivity index (χ3v) is 4.88.